The molecule has 0 saturated heterocycles. The number of hydrogen-bond donors (Lipinski definition) is 1. The van der Waals surface area contributed by atoms with Crippen LogP contribution in [-0.2, 0) is 6.42 Å². The van der Waals surface area contributed by atoms with Gasteiger partial charge in [-0.1, -0.05) is 48.5 Å². The number of hydrogen-bond acceptors (Lipinski definition) is 5. The average molecular weight is 696 g/mol. The van der Waals surface area contributed by atoms with Gasteiger partial charge < -0.3 is 24.3 Å². The molecule has 1 N–H and O–H groups in total. The smallest absolute Gasteiger partial charge is 0.400 e. The summed E-state index contributed by atoms with van der Waals surface area (Å²) in [6, 6.07) is 32.8. The summed E-state index contributed by atoms with van der Waals surface area (Å²) in [5, 5.41) is 3.01. The molecule has 0 bridgehead atoms. The number of benzene rings is 5. The first-order valence-electron chi connectivity index (χ1n) is 17.0. The van der Waals surface area contributed by atoms with Gasteiger partial charge in [-0.2, -0.15) is 8.78 Å². The molecule has 1 amide bonds. The monoisotopic (exact) mass is 695 g/mol. The fourth-order valence-corrected chi connectivity index (χ4v) is 6.49. The van der Waals surface area contributed by atoms with Gasteiger partial charge in [0.15, 0.2) is 0 Å². The molecule has 6 rings (SSSR count). The van der Waals surface area contributed by atoms with Gasteiger partial charge in [0.1, 0.15) is 28.8 Å². The van der Waals surface area contributed by atoms with Crippen molar-refractivity contribution >= 4 is 5.91 Å². The zero-order chi connectivity index (χ0) is 35.8. The number of carbonyl (C=O) groups excluding carboxylic acids is 1. The number of para-hydroxylation sites is 1. The molecule has 6 nitrogen and oxygen atoms in total. The molecular weight excluding hydrogens is 655 g/mol. The maximum absolute atomic E-state index is 14.9. The lowest BCUT2D eigenvalue weighted by molar-refractivity contribution is -0.224. The van der Waals surface area contributed by atoms with Crippen molar-refractivity contribution in [2.24, 2.45) is 5.92 Å². The molecule has 0 atom stereocenters. The summed E-state index contributed by atoms with van der Waals surface area (Å²) in [6.07, 6.45) is -1.63. The van der Waals surface area contributed by atoms with E-state index in [1.807, 2.05) is 48.5 Å². The number of amides is 1. The van der Waals surface area contributed by atoms with Crippen molar-refractivity contribution < 1.29 is 36.9 Å². The summed E-state index contributed by atoms with van der Waals surface area (Å²) in [7, 11) is 3.18. The fourth-order valence-electron chi connectivity index (χ4n) is 6.49. The van der Waals surface area contributed by atoms with Crippen LogP contribution in [0.4, 0.5) is 13.2 Å². The van der Waals surface area contributed by atoms with E-state index in [1.54, 1.807) is 56.7 Å². The molecule has 5 aromatic carbocycles. The molecule has 1 saturated carbocycles. The largest absolute Gasteiger partial charge is 0.497 e. The van der Waals surface area contributed by atoms with Gasteiger partial charge in [-0.05, 0) is 121 Å². The third-order valence-corrected chi connectivity index (χ3v) is 9.19. The minimum Gasteiger partial charge on any atom is -0.497 e. The molecule has 9 heteroatoms. The Morgan fingerprint density at radius 1 is 0.725 bits per heavy atom. The van der Waals surface area contributed by atoms with Gasteiger partial charge >= 0.3 is 6.11 Å². The highest BCUT2D eigenvalue weighted by molar-refractivity contribution is 5.96. The predicted octanol–water partition coefficient (Wildman–Crippen LogP) is 9.76. The van der Waals surface area contributed by atoms with Crippen LogP contribution in [0.15, 0.2) is 115 Å². The molecule has 0 heterocycles. The van der Waals surface area contributed by atoms with E-state index in [0.29, 0.717) is 54.2 Å². The van der Waals surface area contributed by atoms with E-state index in [-0.39, 0.29) is 36.4 Å². The maximum atomic E-state index is 14.9. The van der Waals surface area contributed by atoms with Crippen LogP contribution < -0.4 is 24.3 Å². The van der Waals surface area contributed by atoms with Gasteiger partial charge in [0.25, 0.3) is 5.91 Å². The molecular formula is C42H40F3NO5. The second-order valence-corrected chi connectivity index (χ2v) is 12.6. The summed E-state index contributed by atoms with van der Waals surface area (Å²) in [5.74, 6) is 0.502. The standard InChI is InChI=1S/C42H40F3NO5/c1-48-36-13-7-9-30(25-36)39-26-31(15-21-40(39)49-2)41(47)46-23-22-28-14-18-37(27-38(28)29-8-6-10-33(43)24-29)50-34-19-16-32(17-20-34)42(44,45)51-35-11-4-3-5-12-35/h3-15,18,21,24-27,32,34H,16-17,19-20,22-23H2,1-2H3,(H,46,47). The van der Waals surface area contributed by atoms with Crippen LogP contribution in [0.5, 0.6) is 23.0 Å². The average Bonchev–Trinajstić information content (AvgIpc) is 3.15. The van der Waals surface area contributed by atoms with Crippen molar-refractivity contribution in [3.8, 4) is 45.3 Å². The van der Waals surface area contributed by atoms with E-state index >= 15 is 0 Å². The Labute approximate surface area is 296 Å². The van der Waals surface area contributed by atoms with Crippen molar-refractivity contribution in [2.75, 3.05) is 20.8 Å². The summed E-state index contributed by atoms with van der Waals surface area (Å²) in [4.78, 5) is 13.3. The highest BCUT2D eigenvalue weighted by atomic mass is 19.3. The van der Waals surface area contributed by atoms with Crippen LogP contribution in [0.3, 0.4) is 0 Å². The van der Waals surface area contributed by atoms with Crippen molar-refractivity contribution in [2.45, 2.75) is 44.3 Å². The zero-order valence-electron chi connectivity index (χ0n) is 28.5. The minimum absolute atomic E-state index is 0.143. The van der Waals surface area contributed by atoms with E-state index in [0.717, 1.165) is 22.3 Å². The SMILES string of the molecule is COc1cccc(-c2cc(C(=O)NCCc3ccc(OC4CCC(C(F)(F)Oc5ccccc5)CC4)cc3-c3cccc(F)c3)ccc2OC)c1. The van der Waals surface area contributed by atoms with E-state index in [9.17, 15) is 18.0 Å². The molecule has 1 aliphatic carbocycles. The third-order valence-electron chi connectivity index (χ3n) is 9.19. The van der Waals surface area contributed by atoms with E-state index in [2.05, 4.69) is 5.32 Å². The van der Waals surface area contributed by atoms with Crippen molar-refractivity contribution in [1.82, 2.24) is 5.32 Å². The molecule has 5 aromatic rings. The lowest BCUT2D eigenvalue weighted by atomic mass is 9.86. The molecule has 1 fully saturated rings. The Bertz CT molecular complexity index is 1940. The lowest BCUT2D eigenvalue weighted by Gasteiger charge is -2.33. The molecule has 0 radical (unpaired) electrons. The molecule has 0 spiro atoms. The minimum atomic E-state index is -3.28. The number of rotatable bonds is 13. The van der Waals surface area contributed by atoms with Gasteiger partial charge in [-0.25, -0.2) is 4.39 Å². The second kappa shape index (κ2) is 16.1. The topological polar surface area (TPSA) is 66.0 Å². The molecule has 0 aromatic heterocycles. The molecule has 51 heavy (non-hydrogen) atoms. The van der Waals surface area contributed by atoms with Crippen molar-refractivity contribution in [3.63, 3.8) is 0 Å². The first-order chi connectivity index (χ1) is 24.7. The van der Waals surface area contributed by atoms with Crippen LogP contribution in [0, 0.1) is 11.7 Å². The van der Waals surface area contributed by atoms with Gasteiger partial charge in [0, 0.05) is 17.7 Å². The molecule has 264 valence electrons. The normalized spacial score (nSPS) is 15.9. The Hall–Kier alpha value is -5.44. The van der Waals surface area contributed by atoms with Crippen LogP contribution in [0.1, 0.15) is 41.6 Å². The number of methoxy groups -OCH3 is 2. The summed E-state index contributed by atoms with van der Waals surface area (Å²) >= 11 is 0. The van der Waals surface area contributed by atoms with Crippen LogP contribution in [0.25, 0.3) is 22.3 Å². The second-order valence-electron chi connectivity index (χ2n) is 12.6. The number of ether oxygens (including phenoxy) is 4. The van der Waals surface area contributed by atoms with Crippen LogP contribution in [-0.4, -0.2) is 38.9 Å². The number of carbonyl (C=O) groups is 1. The van der Waals surface area contributed by atoms with E-state index in [4.69, 9.17) is 18.9 Å². The Morgan fingerprint density at radius 2 is 1.45 bits per heavy atom. The first kappa shape index (κ1) is 35.4. The highest BCUT2D eigenvalue weighted by Gasteiger charge is 2.44. The molecule has 0 unspecified atom stereocenters. The van der Waals surface area contributed by atoms with Gasteiger partial charge in [-0.3, -0.25) is 4.79 Å². The van der Waals surface area contributed by atoms with E-state index < -0.39 is 12.0 Å². The number of nitrogens with one attached hydrogen (secondary N) is 1. The van der Waals surface area contributed by atoms with Gasteiger partial charge in [0.05, 0.1) is 26.2 Å². The Balaban J connectivity index is 1.12. The fraction of sp³-hybridized carbons (Fsp3) is 0.262. The summed E-state index contributed by atoms with van der Waals surface area (Å²) in [6.45, 7) is 0.325. The number of halogens is 3. The lowest BCUT2D eigenvalue weighted by Crippen LogP contribution is -2.39. The van der Waals surface area contributed by atoms with Gasteiger partial charge in [0.2, 0.25) is 0 Å². The number of alkyl halides is 2. The van der Waals surface area contributed by atoms with Gasteiger partial charge in [-0.15, -0.1) is 0 Å². The summed E-state index contributed by atoms with van der Waals surface area (Å²) in [5.41, 5.74) is 4.41. The Morgan fingerprint density at radius 3 is 2.18 bits per heavy atom. The first-order valence-corrected chi connectivity index (χ1v) is 17.0. The zero-order valence-corrected chi connectivity index (χ0v) is 28.5. The quantitative estimate of drug-likeness (QED) is 0.133. The van der Waals surface area contributed by atoms with Crippen molar-refractivity contribution in [3.05, 3.63) is 132 Å². The molecule has 0 aliphatic heterocycles. The third kappa shape index (κ3) is 8.84. The predicted molar refractivity (Wildman–Crippen MR) is 191 cm³/mol. The Kier molecular flexibility index (Phi) is 11.1. The van der Waals surface area contributed by atoms with Crippen molar-refractivity contribution in [1.29, 1.82) is 0 Å². The maximum Gasteiger partial charge on any atom is 0.400 e. The van der Waals surface area contributed by atoms with E-state index in [1.165, 1.54) is 24.3 Å². The molecule has 1 aliphatic rings. The van der Waals surface area contributed by atoms with Crippen LogP contribution in [0.2, 0.25) is 0 Å². The van der Waals surface area contributed by atoms with Crippen LogP contribution >= 0.6 is 0 Å². The highest BCUT2D eigenvalue weighted by Crippen LogP contribution is 2.40. The summed E-state index contributed by atoms with van der Waals surface area (Å²) < 4.78 is 66.5.